The molecule has 0 aliphatic heterocycles. The molecule has 0 atom stereocenters. The molecule has 0 saturated carbocycles. The molecule has 90 valence electrons. The van der Waals surface area contributed by atoms with Gasteiger partial charge in [-0.15, -0.1) is 0 Å². The van der Waals surface area contributed by atoms with Crippen LogP contribution < -0.4 is 0 Å². The maximum Gasteiger partial charge on any atom is 0.188 e. The van der Waals surface area contributed by atoms with E-state index in [2.05, 4.69) is 0 Å². The van der Waals surface area contributed by atoms with Crippen molar-refractivity contribution in [3.8, 4) is 0 Å². The first-order valence-electron chi connectivity index (χ1n) is 5.18. The number of carbonyl (C=O) groups excluding carboxylic acids is 1. The van der Waals surface area contributed by atoms with Crippen LogP contribution in [0.3, 0.4) is 0 Å². The van der Waals surface area contributed by atoms with Gasteiger partial charge in [0.25, 0.3) is 0 Å². The van der Waals surface area contributed by atoms with Crippen molar-refractivity contribution in [1.29, 1.82) is 0 Å². The third-order valence-corrected chi connectivity index (χ3v) is 3.14. The molecule has 0 aromatic heterocycles. The van der Waals surface area contributed by atoms with Gasteiger partial charge in [-0.3, -0.25) is 4.79 Å². The lowest BCUT2D eigenvalue weighted by atomic mass is 10.1. The minimum Gasteiger partial charge on any atom is -0.388 e. The van der Waals surface area contributed by atoms with Crippen molar-refractivity contribution in [1.82, 2.24) is 0 Å². The van der Waals surface area contributed by atoms with Crippen LogP contribution in [0.1, 0.15) is 41.0 Å². The molecular weight excluding hydrogens is 212 g/mol. The Morgan fingerprint density at radius 1 is 1.33 bits per heavy atom. The molecule has 4 heteroatoms. The zero-order chi connectivity index (χ0) is 12.1. The zero-order valence-electron chi connectivity index (χ0n) is 10.3. The first-order valence-corrected chi connectivity index (χ1v) is 6.17. The Balaban J connectivity index is 3.92. The van der Waals surface area contributed by atoms with Crippen molar-refractivity contribution >= 4 is 16.9 Å². The molecule has 3 nitrogen and oxygen atoms in total. The van der Waals surface area contributed by atoms with Crippen LogP contribution >= 0.6 is 11.8 Å². The summed E-state index contributed by atoms with van der Waals surface area (Å²) in [6.07, 6.45) is 0.548. The summed E-state index contributed by atoms with van der Waals surface area (Å²) in [7, 11) is 0. The summed E-state index contributed by atoms with van der Waals surface area (Å²) < 4.78 is 5.57. The topological polar surface area (TPSA) is 46.5 Å². The average Bonchev–Trinajstić information content (AvgIpc) is 2.10. The fourth-order valence-corrected chi connectivity index (χ4v) is 1.57. The molecular formula is C11H22O3S. The lowest BCUT2D eigenvalue weighted by Crippen LogP contribution is -2.36. The van der Waals surface area contributed by atoms with Crippen LogP contribution in [0.2, 0.25) is 0 Å². The van der Waals surface area contributed by atoms with Crippen LogP contribution in [0.5, 0.6) is 0 Å². The van der Waals surface area contributed by atoms with Gasteiger partial charge in [-0.1, -0.05) is 18.7 Å². The highest BCUT2D eigenvalue weighted by molar-refractivity contribution is 8.13. The van der Waals surface area contributed by atoms with E-state index in [9.17, 15) is 9.90 Å². The quantitative estimate of drug-likeness (QED) is 0.765. The molecule has 0 unspecified atom stereocenters. The Morgan fingerprint density at radius 2 is 1.87 bits per heavy atom. The second-order valence-corrected chi connectivity index (χ2v) is 5.91. The van der Waals surface area contributed by atoms with Crippen molar-refractivity contribution in [3.63, 3.8) is 0 Å². The third-order valence-electron chi connectivity index (χ3n) is 1.69. The fraction of sp³-hybridized carbons (Fsp3) is 0.909. The second kappa shape index (κ2) is 5.87. The molecule has 0 aromatic carbocycles. The fourth-order valence-electron chi connectivity index (χ4n) is 0.770. The summed E-state index contributed by atoms with van der Waals surface area (Å²) >= 11 is 1.29. The largest absolute Gasteiger partial charge is 0.388 e. The molecule has 0 fully saturated rings. The Hall–Kier alpha value is -0.0600. The Bertz CT molecular complexity index is 206. The molecule has 0 aliphatic carbocycles. The number of carbonyl (C=O) groups is 1. The number of thioether (sulfide) groups is 1. The molecule has 0 aromatic rings. The lowest BCUT2D eigenvalue weighted by molar-refractivity contribution is -0.110. The molecule has 0 bridgehead atoms. The first kappa shape index (κ1) is 14.9. The van der Waals surface area contributed by atoms with Gasteiger partial charge in [-0.2, -0.15) is 0 Å². The molecule has 0 aliphatic rings. The van der Waals surface area contributed by atoms with Crippen LogP contribution in [0.25, 0.3) is 0 Å². The molecule has 0 radical (unpaired) electrons. The van der Waals surface area contributed by atoms with Gasteiger partial charge >= 0.3 is 0 Å². The van der Waals surface area contributed by atoms with E-state index in [0.717, 1.165) is 0 Å². The number of aliphatic hydroxyl groups is 1. The lowest BCUT2D eigenvalue weighted by Gasteiger charge is -2.28. The Labute approximate surface area is 96.6 Å². The van der Waals surface area contributed by atoms with Crippen LogP contribution in [0.4, 0.5) is 0 Å². The van der Waals surface area contributed by atoms with E-state index in [1.807, 2.05) is 20.8 Å². The van der Waals surface area contributed by atoms with Crippen LogP contribution in [-0.2, 0) is 9.53 Å². The van der Waals surface area contributed by atoms with Crippen LogP contribution in [0, 0.1) is 0 Å². The standard InChI is InChI=1S/C11H22O3S/c1-6-9(12)15-8-11(4,5)14-7-10(2,3)13/h13H,6-8H2,1-5H3. The molecule has 0 spiro atoms. The van der Waals surface area contributed by atoms with Crippen molar-refractivity contribution in [2.24, 2.45) is 0 Å². The predicted octanol–water partition coefficient (Wildman–Crippen LogP) is 2.22. The van der Waals surface area contributed by atoms with Crippen LogP contribution in [-0.4, -0.2) is 33.8 Å². The van der Waals surface area contributed by atoms with Gasteiger partial charge in [0.1, 0.15) is 0 Å². The zero-order valence-corrected chi connectivity index (χ0v) is 11.1. The summed E-state index contributed by atoms with van der Waals surface area (Å²) in [6.45, 7) is 9.38. The van der Waals surface area contributed by atoms with Crippen molar-refractivity contribution in [3.05, 3.63) is 0 Å². The van der Waals surface area contributed by atoms with Crippen molar-refractivity contribution in [2.75, 3.05) is 12.4 Å². The molecule has 15 heavy (non-hydrogen) atoms. The van der Waals surface area contributed by atoms with Crippen LogP contribution in [0.15, 0.2) is 0 Å². The summed E-state index contributed by atoms with van der Waals surface area (Å²) in [5.41, 5.74) is -1.20. The van der Waals surface area contributed by atoms with E-state index >= 15 is 0 Å². The highest BCUT2D eigenvalue weighted by Gasteiger charge is 2.23. The number of hydrogen-bond donors (Lipinski definition) is 1. The predicted molar refractivity (Wildman–Crippen MR) is 64.1 cm³/mol. The van der Waals surface area contributed by atoms with Crippen molar-refractivity contribution in [2.45, 2.75) is 52.2 Å². The van der Waals surface area contributed by atoms with Gasteiger partial charge in [0.2, 0.25) is 0 Å². The number of hydrogen-bond acceptors (Lipinski definition) is 4. The highest BCUT2D eigenvalue weighted by Crippen LogP contribution is 2.20. The van der Waals surface area contributed by atoms with Gasteiger partial charge in [0.15, 0.2) is 5.12 Å². The van der Waals surface area contributed by atoms with Gasteiger partial charge in [0.05, 0.1) is 17.8 Å². The second-order valence-electron chi connectivity index (χ2n) is 4.88. The number of ether oxygens (including phenoxy) is 1. The van der Waals surface area contributed by atoms with E-state index in [1.165, 1.54) is 11.8 Å². The van der Waals surface area contributed by atoms with E-state index in [-0.39, 0.29) is 17.3 Å². The minimum absolute atomic E-state index is 0.176. The van der Waals surface area contributed by atoms with E-state index in [1.54, 1.807) is 13.8 Å². The van der Waals surface area contributed by atoms with Crippen molar-refractivity contribution < 1.29 is 14.6 Å². The maximum atomic E-state index is 11.1. The molecule has 0 rings (SSSR count). The van der Waals surface area contributed by atoms with Gasteiger partial charge < -0.3 is 9.84 Å². The summed E-state index contributed by atoms with van der Waals surface area (Å²) in [5.74, 6) is 0.621. The van der Waals surface area contributed by atoms with E-state index < -0.39 is 5.60 Å². The summed E-state index contributed by atoms with van der Waals surface area (Å²) in [5, 5.41) is 9.68. The van der Waals surface area contributed by atoms with Gasteiger partial charge in [-0.25, -0.2) is 0 Å². The summed E-state index contributed by atoms with van der Waals surface area (Å²) in [6, 6.07) is 0. The normalized spacial score (nSPS) is 12.9. The van der Waals surface area contributed by atoms with E-state index in [0.29, 0.717) is 12.2 Å². The van der Waals surface area contributed by atoms with Gasteiger partial charge in [-0.05, 0) is 27.7 Å². The Morgan fingerprint density at radius 3 is 2.27 bits per heavy atom. The smallest absolute Gasteiger partial charge is 0.188 e. The average molecular weight is 234 g/mol. The molecule has 0 saturated heterocycles. The molecule has 0 amide bonds. The molecule has 1 N–H and O–H groups in total. The third kappa shape index (κ3) is 8.90. The monoisotopic (exact) mass is 234 g/mol. The number of rotatable bonds is 6. The van der Waals surface area contributed by atoms with E-state index in [4.69, 9.17) is 4.74 Å². The SMILES string of the molecule is CCC(=O)SCC(C)(C)OCC(C)(C)O. The first-order chi connectivity index (χ1) is 6.66. The van der Waals surface area contributed by atoms with Gasteiger partial charge in [0, 0.05) is 12.2 Å². The maximum absolute atomic E-state index is 11.1. The summed E-state index contributed by atoms with van der Waals surface area (Å²) in [4.78, 5) is 11.1. The highest BCUT2D eigenvalue weighted by atomic mass is 32.2. The minimum atomic E-state index is -0.823. The molecule has 0 heterocycles. The Kier molecular flexibility index (Phi) is 5.85.